The van der Waals surface area contributed by atoms with Crippen molar-refractivity contribution in [2.24, 2.45) is 7.05 Å². The van der Waals surface area contributed by atoms with Crippen molar-refractivity contribution in [1.29, 1.82) is 0 Å². The van der Waals surface area contributed by atoms with Gasteiger partial charge in [0.15, 0.2) is 0 Å². The molecule has 0 N–H and O–H groups in total. The Kier molecular flexibility index (Phi) is 4.62. The Balaban J connectivity index is 2.80. The Hall–Kier alpha value is -0.0600. The van der Waals surface area contributed by atoms with Crippen LogP contribution in [0.5, 0.6) is 0 Å². The average molecular weight is 295 g/mol. The number of hydrogen-bond acceptors (Lipinski definition) is 2. The van der Waals surface area contributed by atoms with E-state index in [9.17, 15) is 0 Å². The third kappa shape index (κ3) is 2.95. The highest BCUT2D eigenvalue weighted by Gasteiger charge is 2.15. The molecule has 1 unspecified atom stereocenters. The molecule has 15 heavy (non-hydrogen) atoms. The first-order chi connectivity index (χ1) is 6.97. The van der Waals surface area contributed by atoms with Crippen LogP contribution < -0.4 is 0 Å². The van der Waals surface area contributed by atoms with Gasteiger partial charge in [-0.1, -0.05) is 0 Å². The van der Waals surface area contributed by atoms with Gasteiger partial charge < -0.3 is 0 Å². The summed E-state index contributed by atoms with van der Waals surface area (Å²) in [6, 6.07) is 0.369. The molecule has 0 aliphatic carbocycles. The summed E-state index contributed by atoms with van der Waals surface area (Å²) in [6.45, 7) is 4.97. The van der Waals surface area contributed by atoms with Crippen molar-refractivity contribution in [1.82, 2.24) is 14.7 Å². The van der Waals surface area contributed by atoms with Gasteiger partial charge >= 0.3 is 0 Å². The Labute approximate surface area is 105 Å². The molecule has 0 amide bonds. The lowest BCUT2D eigenvalue weighted by atomic mass is 10.3. The van der Waals surface area contributed by atoms with Gasteiger partial charge in [-0.25, -0.2) is 0 Å². The summed E-state index contributed by atoms with van der Waals surface area (Å²) in [4.78, 5) is 2.22. The molecule has 0 aromatic carbocycles. The highest BCUT2D eigenvalue weighted by atomic mass is 79.9. The lowest BCUT2D eigenvalue weighted by Crippen LogP contribution is -2.30. The van der Waals surface area contributed by atoms with Gasteiger partial charge in [-0.15, -0.1) is 11.6 Å². The second-order valence-corrected chi connectivity index (χ2v) is 4.99. The molecule has 0 saturated heterocycles. The fourth-order valence-corrected chi connectivity index (χ4v) is 2.06. The largest absolute Gasteiger partial charge is 0.297 e. The average Bonchev–Trinajstić information content (AvgIpc) is 2.43. The molecule has 1 aromatic heterocycles. The maximum atomic E-state index is 5.82. The topological polar surface area (TPSA) is 21.1 Å². The molecule has 1 atom stereocenters. The van der Waals surface area contributed by atoms with Gasteiger partial charge in [0.25, 0.3) is 0 Å². The molecular formula is C10H17BrClN3. The molecule has 3 nitrogen and oxygen atoms in total. The molecule has 1 rings (SSSR count). The van der Waals surface area contributed by atoms with E-state index in [-0.39, 0.29) is 0 Å². The van der Waals surface area contributed by atoms with Crippen LogP contribution in [0.4, 0.5) is 0 Å². The van der Waals surface area contributed by atoms with E-state index >= 15 is 0 Å². The Morgan fingerprint density at radius 1 is 1.60 bits per heavy atom. The number of rotatable bonds is 4. The van der Waals surface area contributed by atoms with Crippen molar-refractivity contribution in [3.8, 4) is 0 Å². The minimum Gasteiger partial charge on any atom is -0.297 e. The quantitative estimate of drug-likeness (QED) is 0.796. The maximum Gasteiger partial charge on any atom is 0.0739 e. The summed E-state index contributed by atoms with van der Waals surface area (Å²) >= 11 is 9.38. The highest BCUT2D eigenvalue weighted by molar-refractivity contribution is 9.10. The van der Waals surface area contributed by atoms with Crippen LogP contribution in [0.3, 0.4) is 0 Å². The third-order valence-corrected chi connectivity index (χ3v) is 4.11. The Bertz CT molecular complexity index is 338. The van der Waals surface area contributed by atoms with E-state index < -0.39 is 0 Å². The summed E-state index contributed by atoms with van der Waals surface area (Å²) in [5.41, 5.74) is 2.21. The van der Waals surface area contributed by atoms with Gasteiger partial charge in [-0.2, -0.15) is 5.10 Å². The number of nitrogens with zero attached hydrogens (tertiary/aromatic N) is 3. The first-order valence-corrected chi connectivity index (χ1v) is 6.24. The summed E-state index contributed by atoms with van der Waals surface area (Å²) in [5, 5.41) is 4.36. The predicted molar refractivity (Wildman–Crippen MR) is 67.3 cm³/mol. The normalized spacial score (nSPS) is 13.5. The van der Waals surface area contributed by atoms with Crippen LogP contribution in [0.25, 0.3) is 0 Å². The van der Waals surface area contributed by atoms with Crippen molar-refractivity contribution in [3.05, 3.63) is 15.9 Å². The minimum absolute atomic E-state index is 0.369. The van der Waals surface area contributed by atoms with E-state index in [0.717, 1.165) is 16.7 Å². The van der Waals surface area contributed by atoms with Crippen molar-refractivity contribution in [2.75, 3.05) is 12.9 Å². The van der Waals surface area contributed by atoms with Crippen LogP contribution in [-0.4, -0.2) is 33.6 Å². The molecule has 5 heteroatoms. The van der Waals surface area contributed by atoms with Gasteiger partial charge in [-0.05, 0) is 36.8 Å². The zero-order valence-electron chi connectivity index (χ0n) is 9.59. The van der Waals surface area contributed by atoms with Crippen molar-refractivity contribution < 1.29 is 0 Å². The van der Waals surface area contributed by atoms with E-state index in [2.05, 4.69) is 39.9 Å². The summed E-state index contributed by atoms with van der Waals surface area (Å²) in [6.07, 6.45) is 0. The van der Waals surface area contributed by atoms with Gasteiger partial charge in [0.1, 0.15) is 0 Å². The van der Waals surface area contributed by atoms with Crippen LogP contribution >= 0.6 is 27.5 Å². The monoisotopic (exact) mass is 293 g/mol. The van der Waals surface area contributed by atoms with Crippen molar-refractivity contribution >= 4 is 27.5 Å². The van der Waals surface area contributed by atoms with E-state index in [4.69, 9.17) is 11.6 Å². The van der Waals surface area contributed by atoms with Crippen molar-refractivity contribution in [2.45, 2.75) is 26.4 Å². The molecule has 0 fully saturated rings. The summed E-state index contributed by atoms with van der Waals surface area (Å²) in [7, 11) is 4.04. The van der Waals surface area contributed by atoms with Gasteiger partial charge in [-0.3, -0.25) is 9.58 Å². The standard InChI is InChI=1S/C10H17BrClN3/c1-7(5-12)14(3)6-9-10(11)8(2)13-15(9)4/h7H,5-6H2,1-4H3. The second kappa shape index (κ2) is 5.32. The molecule has 0 radical (unpaired) electrons. The van der Waals surface area contributed by atoms with Crippen molar-refractivity contribution in [3.63, 3.8) is 0 Å². The molecule has 0 saturated carbocycles. The molecule has 0 aliphatic rings. The molecular weight excluding hydrogens is 277 g/mol. The van der Waals surface area contributed by atoms with E-state index in [1.165, 1.54) is 5.69 Å². The zero-order chi connectivity index (χ0) is 11.6. The highest BCUT2D eigenvalue weighted by Crippen LogP contribution is 2.21. The SMILES string of the molecule is Cc1nn(C)c(CN(C)C(C)CCl)c1Br. The van der Waals surface area contributed by atoms with Gasteiger partial charge in [0.05, 0.1) is 15.9 Å². The number of alkyl halides is 1. The van der Waals surface area contributed by atoms with E-state index in [1.54, 1.807) is 0 Å². The van der Waals surface area contributed by atoms with Gasteiger partial charge in [0, 0.05) is 25.5 Å². The number of aryl methyl sites for hydroxylation is 2. The minimum atomic E-state index is 0.369. The number of aromatic nitrogens is 2. The van der Waals surface area contributed by atoms with Crippen LogP contribution in [0.1, 0.15) is 18.3 Å². The number of halogens is 2. The van der Waals surface area contributed by atoms with Crippen LogP contribution in [0.15, 0.2) is 4.47 Å². The first-order valence-electron chi connectivity index (χ1n) is 4.91. The Morgan fingerprint density at radius 2 is 2.20 bits per heavy atom. The molecule has 0 bridgehead atoms. The van der Waals surface area contributed by atoms with Crippen LogP contribution in [0, 0.1) is 6.92 Å². The predicted octanol–water partition coefficient (Wildman–Crippen LogP) is 2.55. The summed E-state index contributed by atoms with van der Waals surface area (Å²) < 4.78 is 3.01. The molecule has 0 spiro atoms. The fourth-order valence-electron chi connectivity index (χ4n) is 1.36. The molecule has 0 aliphatic heterocycles. The van der Waals surface area contributed by atoms with Crippen LogP contribution in [-0.2, 0) is 13.6 Å². The second-order valence-electron chi connectivity index (χ2n) is 3.89. The van der Waals surface area contributed by atoms with E-state index in [1.807, 2.05) is 18.7 Å². The molecule has 1 aromatic rings. The fraction of sp³-hybridized carbons (Fsp3) is 0.700. The van der Waals surface area contributed by atoms with Crippen LogP contribution in [0.2, 0.25) is 0 Å². The maximum absolute atomic E-state index is 5.82. The molecule has 1 heterocycles. The summed E-state index contributed by atoms with van der Waals surface area (Å²) in [5.74, 6) is 0.644. The Morgan fingerprint density at radius 3 is 2.60 bits per heavy atom. The molecule has 86 valence electrons. The van der Waals surface area contributed by atoms with E-state index in [0.29, 0.717) is 11.9 Å². The third-order valence-electron chi connectivity index (χ3n) is 2.64. The zero-order valence-corrected chi connectivity index (χ0v) is 11.9. The lowest BCUT2D eigenvalue weighted by Gasteiger charge is -2.22. The smallest absolute Gasteiger partial charge is 0.0739 e. The lowest BCUT2D eigenvalue weighted by molar-refractivity contribution is 0.261. The first kappa shape index (κ1) is 13.0. The van der Waals surface area contributed by atoms with Gasteiger partial charge in [0.2, 0.25) is 0 Å². The number of hydrogen-bond donors (Lipinski definition) is 0.